The number of anilines is 1. The van der Waals surface area contributed by atoms with Crippen LogP contribution < -0.4 is 15.8 Å². The van der Waals surface area contributed by atoms with Crippen molar-refractivity contribution in [2.75, 3.05) is 26.0 Å². The number of nitrogens with zero attached hydrogens (tertiary/aromatic N) is 2. The number of benzene rings is 2. The highest BCUT2D eigenvalue weighted by molar-refractivity contribution is 14.0. The minimum Gasteiger partial charge on any atom is -0.495 e. The summed E-state index contributed by atoms with van der Waals surface area (Å²) in [6, 6.07) is 15.3. The lowest BCUT2D eigenvalue weighted by Gasteiger charge is -2.17. The van der Waals surface area contributed by atoms with Crippen LogP contribution in [-0.4, -0.2) is 37.5 Å². The molecule has 3 N–H and O–H groups in total. The second kappa shape index (κ2) is 11.8. The number of nitrogens with two attached hydrogens (primary N) is 1. The molecule has 146 valence electrons. The third-order valence-electron chi connectivity index (χ3n) is 3.77. The van der Waals surface area contributed by atoms with E-state index in [1.54, 1.807) is 19.1 Å². The van der Waals surface area contributed by atoms with Crippen LogP contribution in [0, 0.1) is 0 Å². The fraction of sp³-hybridized carbons (Fsp3) is 0.263. The topological polar surface area (TPSA) is 80.0 Å². The summed E-state index contributed by atoms with van der Waals surface area (Å²) >= 11 is 3.49. The van der Waals surface area contributed by atoms with Gasteiger partial charge in [-0.3, -0.25) is 9.79 Å². The molecule has 0 heterocycles. The molecule has 0 aliphatic heterocycles. The Morgan fingerprint density at radius 3 is 2.59 bits per heavy atom. The Morgan fingerprint density at radius 1 is 1.22 bits per heavy atom. The van der Waals surface area contributed by atoms with Crippen LogP contribution in [0.4, 0.5) is 5.69 Å². The Balaban J connectivity index is 0.00000364. The Kier molecular flexibility index (Phi) is 10.2. The minimum atomic E-state index is 0. The first kappa shape index (κ1) is 23.2. The smallest absolute Gasteiger partial charge is 0.224 e. The van der Waals surface area contributed by atoms with E-state index in [1.165, 1.54) is 0 Å². The van der Waals surface area contributed by atoms with Crippen LogP contribution in [-0.2, 0) is 11.3 Å². The molecule has 0 fully saturated rings. The van der Waals surface area contributed by atoms with Crippen LogP contribution in [0.15, 0.2) is 58.0 Å². The van der Waals surface area contributed by atoms with Crippen molar-refractivity contribution in [3.63, 3.8) is 0 Å². The first-order valence-electron chi connectivity index (χ1n) is 8.18. The fourth-order valence-corrected chi connectivity index (χ4v) is 2.77. The monoisotopic (exact) mass is 546 g/mol. The van der Waals surface area contributed by atoms with E-state index in [0.29, 0.717) is 18.8 Å². The zero-order valence-corrected chi connectivity index (χ0v) is 19.2. The van der Waals surface area contributed by atoms with E-state index < -0.39 is 0 Å². The summed E-state index contributed by atoms with van der Waals surface area (Å²) in [6.45, 7) is 0.853. The Labute approximate surface area is 185 Å². The van der Waals surface area contributed by atoms with Gasteiger partial charge in [-0.1, -0.05) is 46.3 Å². The molecule has 2 aromatic rings. The number of para-hydroxylation sites is 2. The molecule has 0 spiro atoms. The molecule has 2 rings (SSSR count). The van der Waals surface area contributed by atoms with Gasteiger partial charge in [-0.05, 0) is 23.8 Å². The van der Waals surface area contributed by atoms with Crippen molar-refractivity contribution in [2.45, 2.75) is 13.0 Å². The van der Waals surface area contributed by atoms with E-state index in [-0.39, 0.29) is 42.3 Å². The minimum absolute atomic E-state index is 0. The molecule has 1 amide bonds. The van der Waals surface area contributed by atoms with Crippen molar-refractivity contribution in [3.05, 3.63) is 58.6 Å². The number of halogens is 2. The molecule has 0 atom stereocenters. The highest BCUT2D eigenvalue weighted by Crippen LogP contribution is 2.22. The number of hydrogen-bond acceptors (Lipinski definition) is 3. The van der Waals surface area contributed by atoms with Gasteiger partial charge in [0.25, 0.3) is 0 Å². The van der Waals surface area contributed by atoms with E-state index in [0.717, 1.165) is 15.7 Å². The number of aliphatic imine (C=N–C) groups is 1. The molecular formula is C19H24BrIN4O2. The van der Waals surface area contributed by atoms with Gasteiger partial charge in [0.2, 0.25) is 5.91 Å². The van der Waals surface area contributed by atoms with E-state index in [9.17, 15) is 4.79 Å². The number of amides is 1. The highest BCUT2D eigenvalue weighted by atomic mass is 127. The lowest BCUT2D eigenvalue weighted by Crippen LogP contribution is -2.28. The van der Waals surface area contributed by atoms with E-state index in [4.69, 9.17) is 10.5 Å². The number of guanidine groups is 1. The third kappa shape index (κ3) is 7.37. The summed E-state index contributed by atoms with van der Waals surface area (Å²) in [5.74, 6) is 0.931. The lowest BCUT2D eigenvalue weighted by molar-refractivity contribution is -0.130. The van der Waals surface area contributed by atoms with Crippen LogP contribution in [0.25, 0.3) is 0 Å². The van der Waals surface area contributed by atoms with Gasteiger partial charge >= 0.3 is 0 Å². The molecule has 0 saturated heterocycles. The van der Waals surface area contributed by atoms with Crippen molar-refractivity contribution >= 4 is 57.5 Å². The quantitative estimate of drug-likeness (QED) is 0.314. The molecule has 2 aromatic carbocycles. The van der Waals surface area contributed by atoms with Gasteiger partial charge in [-0.15, -0.1) is 24.0 Å². The predicted octanol–water partition coefficient (Wildman–Crippen LogP) is 3.85. The Bertz CT molecular complexity index is 786. The summed E-state index contributed by atoms with van der Waals surface area (Å²) in [7, 11) is 3.37. The summed E-state index contributed by atoms with van der Waals surface area (Å²) in [6.07, 6.45) is 0.287. The lowest BCUT2D eigenvalue weighted by atomic mass is 10.2. The molecule has 0 saturated carbocycles. The molecule has 0 radical (unpaired) electrons. The van der Waals surface area contributed by atoms with Crippen LogP contribution in [0.3, 0.4) is 0 Å². The normalized spacial score (nSPS) is 10.7. The van der Waals surface area contributed by atoms with E-state index >= 15 is 0 Å². The van der Waals surface area contributed by atoms with Gasteiger partial charge < -0.3 is 20.7 Å². The van der Waals surface area contributed by atoms with Gasteiger partial charge in [0.15, 0.2) is 5.96 Å². The molecule has 0 aliphatic rings. The molecule has 0 aromatic heterocycles. The summed E-state index contributed by atoms with van der Waals surface area (Å²) in [4.78, 5) is 18.2. The van der Waals surface area contributed by atoms with Gasteiger partial charge in [0, 0.05) is 24.5 Å². The number of rotatable bonds is 7. The standard InChI is InChI=1S/C19H23BrN4O2.HI/c1-24(13-14-7-3-4-8-15(14)20)18(25)11-12-22-19(21)23-16-9-5-6-10-17(16)26-2;/h3-10H,11-13H2,1-2H3,(H3,21,22,23);1H. The average Bonchev–Trinajstić information content (AvgIpc) is 2.64. The Hall–Kier alpha value is -1.81. The number of carbonyl (C=O) groups is 1. The first-order chi connectivity index (χ1) is 12.5. The van der Waals surface area contributed by atoms with E-state index in [2.05, 4.69) is 26.2 Å². The summed E-state index contributed by atoms with van der Waals surface area (Å²) < 4.78 is 6.24. The van der Waals surface area contributed by atoms with Crippen molar-refractivity contribution in [1.82, 2.24) is 4.90 Å². The first-order valence-corrected chi connectivity index (χ1v) is 8.98. The maximum Gasteiger partial charge on any atom is 0.224 e. The van der Waals surface area contributed by atoms with Gasteiger partial charge in [0.05, 0.1) is 19.3 Å². The van der Waals surface area contributed by atoms with Gasteiger partial charge in [0.1, 0.15) is 5.75 Å². The number of hydrogen-bond donors (Lipinski definition) is 2. The van der Waals surface area contributed by atoms with Gasteiger partial charge in [-0.25, -0.2) is 0 Å². The van der Waals surface area contributed by atoms with Crippen LogP contribution in [0.2, 0.25) is 0 Å². The number of nitrogens with one attached hydrogen (secondary N) is 1. The molecule has 8 heteroatoms. The predicted molar refractivity (Wildman–Crippen MR) is 124 cm³/mol. The van der Waals surface area contributed by atoms with Crippen LogP contribution in [0.5, 0.6) is 5.75 Å². The maximum absolute atomic E-state index is 12.3. The molecule has 0 unspecified atom stereocenters. The number of carbonyl (C=O) groups excluding carboxylic acids is 1. The number of methoxy groups -OCH3 is 1. The average molecular weight is 547 g/mol. The van der Waals surface area contributed by atoms with Gasteiger partial charge in [-0.2, -0.15) is 0 Å². The SMILES string of the molecule is COc1ccccc1NC(N)=NCCC(=O)N(C)Cc1ccccc1Br.I. The molecule has 27 heavy (non-hydrogen) atoms. The third-order valence-corrected chi connectivity index (χ3v) is 4.54. The second-order valence-electron chi connectivity index (χ2n) is 5.68. The van der Waals surface area contributed by atoms with E-state index in [1.807, 2.05) is 48.5 Å². The van der Waals surface area contributed by atoms with Crippen LogP contribution >= 0.6 is 39.9 Å². The van der Waals surface area contributed by atoms with Crippen LogP contribution in [0.1, 0.15) is 12.0 Å². The van der Waals surface area contributed by atoms with Crippen molar-refractivity contribution in [3.8, 4) is 5.75 Å². The molecule has 0 aliphatic carbocycles. The highest BCUT2D eigenvalue weighted by Gasteiger charge is 2.10. The molecular weight excluding hydrogens is 523 g/mol. The second-order valence-corrected chi connectivity index (χ2v) is 6.54. The molecule has 0 bridgehead atoms. The zero-order chi connectivity index (χ0) is 18.9. The zero-order valence-electron chi connectivity index (χ0n) is 15.3. The Morgan fingerprint density at radius 2 is 1.89 bits per heavy atom. The van der Waals surface area contributed by atoms with Crippen molar-refractivity contribution in [2.24, 2.45) is 10.7 Å². The van der Waals surface area contributed by atoms with Crippen molar-refractivity contribution in [1.29, 1.82) is 0 Å². The summed E-state index contributed by atoms with van der Waals surface area (Å²) in [5, 5.41) is 2.98. The number of ether oxygens (including phenoxy) is 1. The summed E-state index contributed by atoms with van der Waals surface area (Å²) in [5.41, 5.74) is 7.68. The van der Waals surface area contributed by atoms with Crippen molar-refractivity contribution < 1.29 is 9.53 Å². The molecule has 6 nitrogen and oxygen atoms in total. The largest absolute Gasteiger partial charge is 0.495 e. The maximum atomic E-state index is 12.3. The fourth-order valence-electron chi connectivity index (χ4n) is 2.36.